The molecule has 0 atom stereocenters. The second kappa shape index (κ2) is 10.5. The number of fused-ring (bicyclic) bond motifs is 1. The molecule has 1 amide bonds. The molecule has 4 heterocycles. The summed E-state index contributed by atoms with van der Waals surface area (Å²) in [6, 6.07) is 19.0. The highest BCUT2D eigenvalue weighted by atomic mass is 32.2. The topological polar surface area (TPSA) is 101 Å². The summed E-state index contributed by atoms with van der Waals surface area (Å²) in [7, 11) is 1.73. The molecule has 0 spiro atoms. The molecule has 0 saturated carbocycles. The smallest absolute Gasteiger partial charge is 0.371 e. The van der Waals surface area contributed by atoms with Crippen molar-refractivity contribution in [2.75, 3.05) is 38.3 Å². The van der Waals surface area contributed by atoms with Crippen LogP contribution in [-0.4, -0.2) is 65.0 Å². The van der Waals surface area contributed by atoms with Crippen molar-refractivity contribution in [1.82, 2.24) is 9.47 Å². The number of amidine groups is 1. The van der Waals surface area contributed by atoms with Crippen molar-refractivity contribution in [3.05, 3.63) is 88.8 Å². The number of carboxylic acids is 1. The van der Waals surface area contributed by atoms with Crippen LogP contribution >= 0.6 is 11.8 Å². The Bertz CT molecular complexity index is 1610. The van der Waals surface area contributed by atoms with Crippen LogP contribution < -0.4 is 4.90 Å². The molecule has 9 nitrogen and oxygen atoms in total. The Balaban J connectivity index is 1.25. The molecule has 6 rings (SSSR count). The number of thioether (sulfide) groups is 1. The maximum atomic E-state index is 13.1. The average molecular weight is 543 g/mol. The van der Waals surface area contributed by atoms with Gasteiger partial charge in [-0.05, 0) is 60.3 Å². The molecule has 39 heavy (non-hydrogen) atoms. The monoisotopic (exact) mass is 542 g/mol. The number of aromatic carboxylic acids is 1. The van der Waals surface area contributed by atoms with E-state index in [1.807, 2.05) is 53.2 Å². The van der Waals surface area contributed by atoms with Gasteiger partial charge < -0.3 is 23.7 Å². The number of rotatable bonds is 6. The number of anilines is 1. The van der Waals surface area contributed by atoms with Gasteiger partial charge in [0.1, 0.15) is 5.76 Å². The number of furan rings is 1. The minimum atomic E-state index is -1.10. The lowest BCUT2D eigenvalue weighted by Gasteiger charge is -2.28. The molecule has 2 aliphatic heterocycles. The Hall–Kier alpha value is -4.28. The van der Waals surface area contributed by atoms with Crippen LogP contribution in [-0.2, 0) is 16.1 Å². The molecule has 198 valence electrons. The van der Waals surface area contributed by atoms with E-state index in [0.717, 1.165) is 54.1 Å². The first-order chi connectivity index (χ1) is 19.0. The first kappa shape index (κ1) is 25.0. The van der Waals surface area contributed by atoms with Gasteiger partial charge in [-0.2, -0.15) is 0 Å². The number of aromatic nitrogens is 1. The number of hydrogen-bond acceptors (Lipinski definition) is 7. The Morgan fingerprint density at radius 1 is 1.08 bits per heavy atom. The van der Waals surface area contributed by atoms with E-state index >= 15 is 0 Å². The van der Waals surface area contributed by atoms with E-state index in [1.165, 1.54) is 17.8 Å². The summed E-state index contributed by atoms with van der Waals surface area (Å²) in [4.78, 5) is 33.5. The van der Waals surface area contributed by atoms with E-state index in [0.29, 0.717) is 22.4 Å². The molecular formula is C29H26N4O5S. The standard InChI is InChI=1S/C29H26N4O5S/c1-31-27(34)26(39-29(31)30-20-6-8-21(9-7-20)32-12-14-37-15-13-32)16-19-17-33(24-5-3-2-4-23(19)24)18-22-10-11-25(38-22)28(35)36/h2-11,16-17H,12-15,18H2,1H3,(H,35,36)/b26-16-,30-29?. The fourth-order valence-electron chi connectivity index (χ4n) is 4.73. The number of ether oxygens (including phenoxy) is 1. The lowest BCUT2D eigenvalue weighted by Crippen LogP contribution is -2.36. The first-order valence-electron chi connectivity index (χ1n) is 12.6. The maximum Gasteiger partial charge on any atom is 0.371 e. The lowest BCUT2D eigenvalue weighted by molar-refractivity contribution is -0.121. The number of hydrogen-bond donors (Lipinski definition) is 1. The van der Waals surface area contributed by atoms with Crippen molar-refractivity contribution in [2.45, 2.75) is 6.54 Å². The first-order valence-corrected chi connectivity index (χ1v) is 13.4. The minimum absolute atomic E-state index is 0.0951. The molecule has 2 fully saturated rings. The normalized spacial score (nSPS) is 18.1. The van der Waals surface area contributed by atoms with E-state index in [2.05, 4.69) is 17.0 Å². The van der Waals surface area contributed by atoms with Crippen LogP contribution in [0.1, 0.15) is 21.9 Å². The number of para-hydroxylation sites is 1. The SMILES string of the molecule is CN1C(=O)/C(=C/c2cn(Cc3ccc(C(=O)O)o3)c3ccccc23)SC1=Nc1ccc(N2CCOCC2)cc1. The molecule has 2 aromatic carbocycles. The van der Waals surface area contributed by atoms with Gasteiger partial charge >= 0.3 is 5.97 Å². The van der Waals surface area contributed by atoms with Crippen molar-refractivity contribution in [2.24, 2.45) is 4.99 Å². The van der Waals surface area contributed by atoms with E-state index in [-0.39, 0.29) is 11.7 Å². The average Bonchev–Trinajstić information content (AvgIpc) is 3.64. The van der Waals surface area contributed by atoms with Gasteiger partial charge in [-0.1, -0.05) is 18.2 Å². The van der Waals surface area contributed by atoms with Crippen LogP contribution in [0.5, 0.6) is 0 Å². The summed E-state index contributed by atoms with van der Waals surface area (Å²) in [5.74, 6) is -0.775. The fourth-order valence-corrected chi connectivity index (χ4v) is 5.71. The third-order valence-corrected chi connectivity index (χ3v) is 7.82. The number of carbonyl (C=O) groups excluding carboxylic acids is 1. The fraction of sp³-hybridized carbons (Fsp3) is 0.207. The number of likely N-dealkylation sites (N-methyl/N-ethyl adjacent to an activating group) is 1. The van der Waals surface area contributed by atoms with E-state index in [9.17, 15) is 9.59 Å². The zero-order chi connectivity index (χ0) is 26.9. The molecule has 0 aliphatic carbocycles. The third kappa shape index (κ3) is 5.08. The minimum Gasteiger partial charge on any atom is -0.475 e. The highest BCUT2D eigenvalue weighted by Crippen LogP contribution is 2.35. The quantitative estimate of drug-likeness (QED) is 0.340. The predicted molar refractivity (Wildman–Crippen MR) is 152 cm³/mol. The van der Waals surface area contributed by atoms with Crippen LogP contribution in [0.3, 0.4) is 0 Å². The van der Waals surface area contributed by atoms with Gasteiger partial charge in [0.2, 0.25) is 5.76 Å². The van der Waals surface area contributed by atoms with Crippen LogP contribution in [0.25, 0.3) is 17.0 Å². The molecular weight excluding hydrogens is 516 g/mol. The zero-order valence-corrected chi connectivity index (χ0v) is 22.1. The second-order valence-electron chi connectivity index (χ2n) is 9.29. The Morgan fingerprint density at radius 3 is 2.59 bits per heavy atom. The largest absolute Gasteiger partial charge is 0.475 e. The summed E-state index contributed by atoms with van der Waals surface area (Å²) in [5.41, 5.74) is 3.76. The molecule has 1 N–H and O–H groups in total. The van der Waals surface area contributed by atoms with Gasteiger partial charge in [-0.15, -0.1) is 0 Å². The molecule has 2 saturated heterocycles. The summed E-state index contributed by atoms with van der Waals surface area (Å²) < 4.78 is 12.9. The number of nitrogens with zero attached hydrogens (tertiary/aromatic N) is 4. The van der Waals surface area contributed by atoms with Crippen LogP contribution in [0.4, 0.5) is 11.4 Å². The van der Waals surface area contributed by atoms with E-state index in [4.69, 9.17) is 19.3 Å². The van der Waals surface area contributed by atoms with Crippen LogP contribution in [0, 0.1) is 0 Å². The number of benzene rings is 2. The Morgan fingerprint density at radius 2 is 1.85 bits per heavy atom. The Kier molecular flexibility index (Phi) is 6.72. The molecule has 4 aromatic rings. The third-order valence-electron chi connectivity index (χ3n) is 6.76. The van der Waals surface area contributed by atoms with Crippen LogP contribution in [0.15, 0.2) is 81.2 Å². The lowest BCUT2D eigenvalue weighted by atomic mass is 10.1. The Labute approximate surface area is 229 Å². The molecule has 0 unspecified atom stereocenters. The van der Waals surface area contributed by atoms with E-state index < -0.39 is 5.97 Å². The van der Waals surface area contributed by atoms with Crippen molar-refractivity contribution < 1.29 is 23.8 Å². The van der Waals surface area contributed by atoms with Crippen LogP contribution in [0.2, 0.25) is 0 Å². The van der Waals surface area contributed by atoms with Gasteiger partial charge in [0.25, 0.3) is 5.91 Å². The molecule has 10 heteroatoms. The van der Waals surface area contributed by atoms with Crippen molar-refractivity contribution in [1.29, 1.82) is 0 Å². The molecule has 0 radical (unpaired) electrons. The van der Waals surface area contributed by atoms with Gasteiger partial charge in [-0.25, -0.2) is 9.79 Å². The van der Waals surface area contributed by atoms with Gasteiger partial charge in [0.05, 0.1) is 30.4 Å². The zero-order valence-electron chi connectivity index (χ0n) is 21.2. The number of morpholine rings is 1. The predicted octanol–water partition coefficient (Wildman–Crippen LogP) is 5.05. The summed E-state index contributed by atoms with van der Waals surface area (Å²) in [5, 5.41) is 10.8. The number of amides is 1. The summed E-state index contributed by atoms with van der Waals surface area (Å²) >= 11 is 1.34. The maximum absolute atomic E-state index is 13.1. The van der Waals surface area contributed by atoms with Crippen molar-refractivity contribution >= 4 is 57.2 Å². The number of carbonyl (C=O) groups is 2. The van der Waals surface area contributed by atoms with Crippen molar-refractivity contribution in [3.8, 4) is 0 Å². The highest BCUT2D eigenvalue weighted by Gasteiger charge is 2.30. The second-order valence-corrected chi connectivity index (χ2v) is 10.3. The number of aliphatic imine (C=N–C) groups is 1. The van der Waals surface area contributed by atoms with Crippen molar-refractivity contribution in [3.63, 3.8) is 0 Å². The van der Waals surface area contributed by atoms with E-state index in [1.54, 1.807) is 18.0 Å². The van der Waals surface area contributed by atoms with Gasteiger partial charge in [-0.3, -0.25) is 9.69 Å². The van der Waals surface area contributed by atoms with Gasteiger partial charge in [0, 0.05) is 48.5 Å². The highest BCUT2D eigenvalue weighted by molar-refractivity contribution is 8.18. The van der Waals surface area contributed by atoms with Gasteiger partial charge in [0.15, 0.2) is 5.17 Å². The summed E-state index contributed by atoms with van der Waals surface area (Å²) in [6.07, 6.45) is 3.84. The number of carboxylic acid groups (broad SMARTS) is 1. The molecule has 2 aliphatic rings. The summed E-state index contributed by atoms with van der Waals surface area (Å²) in [6.45, 7) is 3.57. The molecule has 2 aromatic heterocycles. The molecule has 0 bridgehead atoms.